The monoisotopic (exact) mass is 568 g/mol. The molecule has 0 unspecified atom stereocenters. The van der Waals surface area contributed by atoms with Gasteiger partial charge < -0.3 is 29.2 Å². The van der Waals surface area contributed by atoms with Crippen molar-refractivity contribution < 1.29 is 48.3 Å². The van der Waals surface area contributed by atoms with Crippen LogP contribution in [0, 0.1) is 0 Å². The molecule has 0 aromatic heterocycles. The zero-order valence-electron chi connectivity index (χ0n) is 24.8. The Bertz CT molecular complexity index is 1000. The Balaban J connectivity index is 0.000000400. The van der Waals surface area contributed by atoms with Crippen molar-refractivity contribution in [2.75, 3.05) is 27.3 Å². The summed E-state index contributed by atoms with van der Waals surface area (Å²) in [6.45, 7) is 11.7. The summed E-state index contributed by atoms with van der Waals surface area (Å²) in [4.78, 5) is 48.6. The third-order valence-electron chi connectivity index (χ3n) is 5.43. The van der Waals surface area contributed by atoms with E-state index >= 15 is 0 Å². The van der Waals surface area contributed by atoms with Crippen molar-refractivity contribution in [3.05, 3.63) is 35.4 Å². The highest BCUT2D eigenvalue weighted by Crippen LogP contribution is 2.21. The van der Waals surface area contributed by atoms with Crippen LogP contribution in [-0.2, 0) is 28.5 Å². The molecule has 0 aromatic carbocycles. The van der Waals surface area contributed by atoms with E-state index in [1.165, 1.54) is 26.4 Å². The van der Waals surface area contributed by atoms with Crippen molar-refractivity contribution in [2.45, 2.75) is 90.9 Å². The first-order valence-corrected chi connectivity index (χ1v) is 13.1. The molecule has 0 radical (unpaired) electrons. The second-order valence-electron chi connectivity index (χ2n) is 11.4. The molecule has 2 heterocycles. The lowest BCUT2D eigenvalue weighted by atomic mass is 10.0. The number of hydrogen-bond acceptors (Lipinski definition) is 8. The second-order valence-corrected chi connectivity index (χ2v) is 11.4. The van der Waals surface area contributed by atoms with Crippen LogP contribution in [0.1, 0.15) is 73.6 Å². The van der Waals surface area contributed by atoms with Crippen molar-refractivity contribution in [3.8, 4) is 0 Å². The maximum atomic E-state index is 11.9. The van der Waals surface area contributed by atoms with E-state index in [9.17, 15) is 29.4 Å². The molecule has 2 amide bonds. The van der Waals surface area contributed by atoms with Gasteiger partial charge in [0.15, 0.2) is 0 Å². The Labute approximate surface area is 236 Å². The number of hydrogen-bond donors (Lipinski definition) is 2. The fourth-order valence-electron chi connectivity index (χ4n) is 3.46. The maximum absolute atomic E-state index is 11.9. The van der Waals surface area contributed by atoms with Crippen LogP contribution in [0.5, 0.6) is 0 Å². The summed E-state index contributed by atoms with van der Waals surface area (Å²) < 4.78 is 20.7. The highest BCUT2D eigenvalue weighted by molar-refractivity contribution is 5.91. The van der Waals surface area contributed by atoms with Gasteiger partial charge in [0.05, 0.1) is 25.7 Å². The predicted octanol–water partition coefficient (Wildman–Crippen LogP) is 4.91. The minimum absolute atomic E-state index is 0.143. The number of carbonyl (C=O) groups excluding carboxylic acids is 2. The first-order chi connectivity index (χ1) is 18.4. The first-order valence-electron chi connectivity index (χ1n) is 13.1. The Morgan fingerprint density at radius 1 is 0.900 bits per heavy atom. The van der Waals surface area contributed by atoms with Crippen LogP contribution < -0.4 is 0 Å². The molecule has 0 aromatic rings. The lowest BCUT2D eigenvalue weighted by molar-refractivity contribution is -0.142. The number of nitrogens with zero attached hydrogens (tertiary/aromatic N) is 2. The van der Waals surface area contributed by atoms with Gasteiger partial charge in [-0.25, -0.2) is 19.2 Å². The van der Waals surface area contributed by atoms with E-state index in [2.05, 4.69) is 0 Å². The number of amides is 2. The highest BCUT2D eigenvalue weighted by Gasteiger charge is 2.31. The molecular weight excluding hydrogens is 524 g/mol. The number of allylic oxidation sites excluding steroid dienone is 2. The summed E-state index contributed by atoms with van der Waals surface area (Å²) in [5.74, 6) is -2.24. The summed E-state index contributed by atoms with van der Waals surface area (Å²) in [7, 11) is 2.81. The fourth-order valence-corrected chi connectivity index (χ4v) is 3.46. The van der Waals surface area contributed by atoms with Gasteiger partial charge in [0, 0.05) is 20.5 Å². The van der Waals surface area contributed by atoms with E-state index in [-0.39, 0.29) is 12.1 Å². The average Bonchev–Trinajstić information content (AvgIpc) is 2.84. The third-order valence-corrected chi connectivity index (χ3v) is 5.43. The summed E-state index contributed by atoms with van der Waals surface area (Å²) in [6.07, 6.45) is 6.68. The summed E-state index contributed by atoms with van der Waals surface area (Å²) in [5.41, 5.74) is 0.170. The van der Waals surface area contributed by atoms with Gasteiger partial charge in [0.25, 0.3) is 0 Å². The second kappa shape index (κ2) is 15.2. The van der Waals surface area contributed by atoms with E-state index in [1.54, 1.807) is 47.8 Å². The van der Waals surface area contributed by atoms with Gasteiger partial charge >= 0.3 is 24.1 Å². The zero-order chi connectivity index (χ0) is 30.7. The molecule has 0 aliphatic carbocycles. The molecule has 0 saturated heterocycles. The van der Waals surface area contributed by atoms with Crippen LogP contribution in [0.25, 0.3) is 0 Å². The van der Waals surface area contributed by atoms with Crippen molar-refractivity contribution >= 4 is 24.1 Å². The topological polar surface area (TPSA) is 152 Å². The Hall–Kier alpha value is -3.70. The largest absolute Gasteiger partial charge is 0.501 e. The van der Waals surface area contributed by atoms with Gasteiger partial charge in [-0.1, -0.05) is 0 Å². The lowest BCUT2D eigenvalue weighted by Gasteiger charge is -2.29. The minimum Gasteiger partial charge on any atom is -0.501 e. The Kier molecular flexibility index (Phi) is 13.0. The van der Waals surface area contributed by atoms with Crippen molar-refractivity contribution in [1.82, 2.24) is 9.80 Å². The number of rotatable bonds is 7. The van der Waals surface area contributed by atoms with Gasteiger partial charge in [-0.3, -0.25) is 9.80 Å². The van der Waals surface area contributed by atoms with Crippen LogP contribution in [0.15, 0.2) is 35.4 Å². The number of ether oxygens (including phenoxy) is 4. The van der Waals surface area contributed by atoms with Crippen molar-refractivity contribution in [1.29, 1.82) is 0 Å². The smallest absolute Gasteiger partial charge is 0.414 e. The van der Waals surface area contributed by atoms with Crippen LogP contribution >= 0.6 is 0 Å². The standard InChI is InChI=1S/C14H23NO5.C14H21NO5/c2*1-14(2,3)20-13(18)15(4)11(12(16)17)8-10-6-5-7-19-9-10/h9,11H,5-8H2,1-4H3,(H,16,17);8-9H,5-7H2,1-4H3,(H,16,17)/b;11-8-/t11-;/m0./s1. The lowest BCUT2D eigenvalue weighted by Crippen LogP contribution is -2.45. The Morgan fingerprint density at radius 2 is 1.43 bits per heavy atom. The minimum atomic E-state index is -1.19. The number of carboxylic acid groups (broad SMARTS) is 2. The molecule has 0 fully saturated rings. The summed E-state index contributed by atoms with van der Waals surface area (Å²) in [6, 6.07) is -0.946. The molecule has 0 spiro atoms. The molecule has 12 heteroatoms. The molecule has 2 aliphatic heterocycles. The highest BCUT2D eigenvalue weighted by atomic mass is 16.6. The molecule has 0 bridgehead atoms. The zero-order valence-corrected chi connectivity index (χ0v) is 24.8. The average molecular weight is 569 g/mol. The molecule has 2 rings (SSSR count). The molecule has 40 heavy (non-hydrogen) atoms. The molecular formula is C28H44N2O10. The SMILES string of the molecule is CN(C(=O)OC(C)(C)C)/C(=C\C1=COCCC1)C(=O)O.CN(C(=O)OC(C)(C)C)[C@@H](CC1=COCCC1)C(=O)O. The van der Waals surface area contributed by atoms with Crippen LogP contribution in [0.3, 0.4) is 0 Å². The third kappa shape index (κ3) is 12.9. The van der Waals surface area contributed by atoms with E-state index in [4.69, 9.17) is 18.9 Å². The number of likely N-dealkylation sites (N-methyl/N-ethyl adjacent to an activating group) is 2. The first kappa shape index (κ1) is 34.3. The van der Waals surface area contributed by atoms with Crippen LogP contribution in [-0.4, -0.2) is 88.7 Å². The predicted molar refractivity (Wildman–Crippen MR) is 146 cm³/mol. The molecule has 2 aliphatic rings. The maximum Gasteiger partial charge on any atom is 0.414 e. The summed E-state index contributed by atoms with van der Waals surface area (Å²) >= 11 is 0. The molecule has 12 nitrogen and oxygen atoms in total. The molecule has 0 saturated carbocycles. The van der Waals surface area contributed by atoms with Gasteiger partial charge in [-0.2, -0.15) is 0 Å². The van der Waals surface area contributed by atoms with Crippen molar-refractivity contribution in [2.24, 2.45) is 0 Å². The van der Waals surface area contributed by atoms with E-state index in [0.717, 1.165) is 46.6 Å². The molecule has 226 valence electrons. The van der Waals surface area contributed by atoms with Crippen LogP contribution in [0.4, 0.5) is 9.59 Å². The number of aliphatic carboxylic acids is 2. The summed E-state index contributed by atoms with van der Waals surface area (Å²) in [5, 5.41) is 18.5. The van der Waals surface area contributed by atoms with Gasteiger partial charge in [0.2, 0.25) is 0 Å². The Morgan fingerprint density at radius 3 is 1.85 bits per heavy atom. The van der Waals surface area contributed by atoms with Gasteiger partial charge in [-0.15, -0.1) is 0 Å². The van der Waals surface area contributed by atoms with Gasteiger partial charge in [0.1, 0.15) is 22.9 Å². The normalized spacial score (nSPS) is 16.4. The van der Waals surface area contributed by atoms with E-state index < -0.39 is 41.4 Å². The van der Waals surface area contributed by atoms with Gasteiger partial charge in [-0.05, 0) is 84.4 Å². The fraction of sp³-hybridized carbons (Fsp3) is 0.643. The quantitative estimate of drug-likeness (QED) is 0.405. The van der Waals surface area contributed by atoms with E-state index in [0.29, 0.717) is 13.2 Å². The van der Waals surface area contributed by atoms with Crippen molar-refractivity contribution in [3.63, 3.8) is 0 Å². The molecule has 2 N–H and O–H groups in total. The molecule has 1 atom stereocenters. The van der Waals surface area contributed by atoms with Crippen LogP contribution in [0.2, 0.25) is 0 Å². The van der Waals surface area contributed by atoms with E-state index in [1.807, 2.05) is 0 Å². The number of carbonyl (C=O) groups is 4. The number of carboxylic acids is 2.